The SMILES string of the molecule is CC(=O)c1ccc(C#Cc2ccc(CN3CC4(CCN4)C3)cc2)cc1. The van der Waals surface area contributed by atoms with Gasteiger partial charge in [-0.05, 0) is 49.7 Å². The first-order valence-electron chi connectivity index (χ1n) is 8.81. The Hall–Kier alpha value is -2.41. The highest BCUT2D eigenvalue weighted by atomic mass is 16.1. The fourth-order valence-electron chi connectivity index (χ4n) is 3.55. The molecule has 2 aliphatic rings. The monoisotopic (exact) mass is 330 g/mol. The molecule has 3 heteroatoms. The zero-order chi connectivity index (χ0) is 17.3. The lowest BCUT2D eigenvalue weighted by atomic mass is 9.80. The number of rotatable bonds is 3. The Labute approximate surface area is 149 Å². The minimum absolute atomic E-state index is 0.0799. The molecule has 126 valence electrons. The minimum Gasteiger partial charge on any atom is -0.309 e. The second-order valence-corrected chi connectivity index (χ2v) is 7.18. The lowest BCUT2D eigenvalue weighted by Crippen LogP contribution is -2.75. The Morgan fingerprint density at radius 1 is 1.04 bits per heavy atom. The summed E-state index contributed by atoms with van der Waals surface area (Å²) in [5, 5.41) is 3.55. The number of likely N-dealkylation sites (tertiary alicyclic amines) is 1. The first-order chi connectivity index (χ1) is 12.1. The Kier molecular flexibility index (Phi) is 4.17. The standard InChI is InChI=1S/C22H22N2O/c1-17(25)21-10-8-19(9-11-21)3-2-18-4-6-20(7-5-18)14-24-15-22(16-24)12-13-23-22/h4-11,23H,12-16H2,1H3. The van der Waals surface area contributed by atoms with E-state index in [-0.39, 0.29) is 5.78 Å². The lowest BCUT2D eigenvalue weighted by Gasteiger charge is -2.56. The van der Waals surface area contributed by atoms with Gasteiger partial charge in [-0.3, -0.25) is 9.69 Å². The number of hydrogen-bond acceptors (Lipinski definition) is 3. The molecule has 2 aliphatic heterocycles. The molecule has 1 spiro atoms. The molecule has 2 aromatic carbocycles. The zero-order valence-electron chi connectivity index (χ0n) is 14.5. The first kappa shape index (κ1) is 16.1. The van der Waals surface area contributed by atoms with Crippen molar-refractivity contribution in [2.24, 2.45) is 0 Å². The number of benzene rings is 2. The third kappa shape index (κ3) is 3.51. The van der Waals surface area contributed by atoms with Crippen molar-refractivity contribution in [3.05, 3.63) is 70.8 Å². The van der Waals surface area contributed by atoms with Crippen molar-refractivity contribution in [3.8, 4) is 11.8 Å². The van der Waals surface area contributed by atoms with Crippen LogP contribution in [-0.2, 0) is 6.54 Å². The molecule has 0 aliphatic carbocycles. The van der Waals surface area contributed by atoms with Crippen molar-refractivity contribution in [1.82, 2.24) is 10.2 Å². The van der Waals surface area contributed by atoms with Crippen LogP contribution in [0.25, 0.3) is 0 Å². The van der Waals surface area contributed by atoms with E-state index >= 15 is 0 Å². The van der Waals surface area contributed by atoms with Gasteiger partial charge in [0.2, 0.25) is 0 Å². The van der Waals surface area contributed by atoms with Crippen LogP contribution in [0.1, 0.15) is 40.4 Å². The molecule has 2 aromatic rings. The van der Waals surface area contributed by atoms with Crippen molar-refractivity contribution in [2.75, 3.05) is 19.6 Å². The van der Waals surface area contributed by atoms with Gasteiger partial charge in [0.15, 0.2) is 5.78 Å². The molecule has 2 heterocycles. The predicted molar refractivity (Wildman–Crippen MR) is 99.5 cm³/mol. The summed E-state index contributed by atoms with van der Waals surface area (Å²) in [6.07, 6.45) is 1.32. The van der Waals surface area contributed by atoms with Crippen LogP contribution in [0.15, 0.2) is 48.5 Å². The topological polar surface area (TPSA) is 32.3 Å². The summed E-state index contributed by atoms with van der Waals surface area (Å²) in [6, 6.07) is 16.0. The van der Waals surface area contributed by atoms with Crippen molar-refractivity contribution in [2.45, 2.75) is 25.4 Å². The maximum Gasteiger partial charge on any atom is 0.159 e. The van der Waals surface area contributed by atoms with E-state index in [4.69, 9.17) is 0 Å². The van der Waals surface area contributed by atoms with E-state index in [9.17, 15) is 4.79 Å². The molecule has 2 fully saturated rings. The van der Waals surface area contributed by atoms with Crippen molar-refractivity contribution in [1.29, 1.82) is 0 Å². The molecule has 0 aromatic heterocycles. The molecule has 0 saturated carbocycles. The van der Waals surface area contributed by atoms with E-state index in [0.717, 1.165) is 23.2 Å². The largest absolute Gasteiger partial charge is 0.309 e. The van der Waals surface area contributed by atoms with Crippen LogP contribution in [0.5, 0.6) is 0 Å². The highest BCUT2D eigenvalue weighted by Gasteiger charge is 2.46. The van der Waals surface area contributed by atoms with Gasteiger partial charge in [-0.2, -0.15) is 0 Å². The average Bonchev–Trinajstić information content (AvgIpc) is 2.55. The molecule has 4 rings (SSSR count). The molecule has 0 bridgehead atoms. The molecule has 0 amide bonds. The van der Waals surface area contributed by atoms with E-state index in [2.05, 4.69) is 46.3 Å². The van der Waals surface area contributed by atoms with E-state index in [1.54, 1.807) is 6.92 Å². The molecular weight excluding hydrogens is 308 g/mol. The van der Waals surface area contributed by atoms with Gasteiger partial charge in [0, 0.05) is 41.9 Å². The summed E-state index contributed by atoms with van der Waals surface area (Å²) in [6.45, 7) is 6.11. The van der Waals surface area contributed by atoms with Gasteiger partial charge in [0.25, 0.3) is 0 Å². The molecule has 25 heavy (non-hydrogen) atoms. The second-order valence-electron chi connectivity index (χ2n) is 7.18. The molecule has 0 radical (unpaired) electrons. The number of carbonyl (C=O) groups is 1. The minimum atomic E-state index is 0.0799. The Morgan fingerprint density at radius 3 is 2.08 bits per heavy atom. The van der Waals surface area contributed by atoms with E-state index in [1.165, 1.54) is 31.6 Å². The molecule has 3 nitrogen and oxygen atoms in total. The van der Waals surface area contributed by atoms with Crippen LogP contribution >= 0.6 is 0 Å². The summed E-state index contributed by atoms with van der Waals surface area (Å²) in [5.41, 5.74) is 4.45. The van der Waals surface area contributed by atoms with E-state index < -0.39 is 0 Å². The van der Waals surface area contributed by atoms with Gasteiger partial charge in [-0.15, -0.1) is 0 Å². The summed E-state index contributed by atoms with van der Waals surface area (Å²) >= 11 is 0. The van der Waals surface area contributed by atoms with Gasteiger partial charge in [0.05, 0.1) is 0 Å². The van der Waals surface area contributed by atoms with Gasteiger partial charge in [-0.1, -0.05) is 36.1 Å². The molecule has 1 N–H and O–H groups in total. The summed E-state index contributed by atoms with van der Waals surface area (Å²) < 4.78 is 0. The fourth-order valence-corrected chi connectivity index (χ4v) is 3.55. The smallest absolute Gasteiger partial charge is 0.159 e. The van der Waals surface area contributed by atoms with Crippen LogP contribution in [0.4, 0.5) is 0 Å². The average molecular weight is 330 g/mol. The molecule has 0 unspecified atom stereocenters. The normalized spacial score (nSPS) is 18.0. The highest BCUT2D eigenvalue weighted by Crippen LogP contribution is 2.31. The first-order valence-corrected chi connectivity index (χ1v) is 8.81. The quantitative estimate of drug-likeness (QED) is 0.694. The molecule has 0 atom stereocenters. The van der Waals surface area contributed by atoms with Crippen LogP contribution in [0.3, 0.4) is 0 Å². The van der Waals surface area contributed by atoms with E-state index in [1.807, 2.05) is 24.3 Å². The second kappa shape index (κ2) is 6.48. The maximum absolute atomic E-state index is 11.3. The summed E-state index contributed by atoms with van der Waals surface area (Å²) in [4.78, 5) is 13.8. The number of hydrogen-bond donors (Lipinski definition) is 1. The fraction of sp³-hybridized carbons (Fsp3) is 0.318. The third-order valence-electron chi connectivity index (χ3n) is 5.16. The summed E-state index contributed by atoms with van der Waals surface area (Å²) in [5.74, 6) is 6.43. The summed E-state index contributed by atoms with van der Waals surface area (Å²) in [7, 11) is 0. The third-order valence-corrected chi connectivity index (χ3v) is 5.16. The lowest BCUT2D eigenvalue weighted by molar-refractivity contribution is -0.0108. The van der Waals surface area contributed by atoms with Crippen LogP contribution < -0.4 is 5.32 Å². The van der Waals surface area contributed by atoms with Crippen LogP contribution in [0.2, 0.25) is 0 Å². The highest BCUT2D eigenvalue weighted by molar-refractivity contribution is 5.94. The van der Waals surface area contributed by atoms with Crippen molar-refractivity contribution < 1.29 is 4.79 Å². The number of nitrogens with zero attached hydrogens (tertiary/aromatic N) is 1. The van der Waals surface area contributed by atoms with Crippen molar-refractivity contribution in [3.63, 3.8) is 0 Å². The van der Waals surface area contributed by atoms with Crippen LogP contribution in [-0.4, -0.2) is 35.9 Å². The Morgan fingerprint density at radius 2 is 1.60 bits per heavy atom. The number of Topliss-reactive ketones (excluding diaryl/α,β-unsaturated/α-hetero) is 1. The number of ketones is 1. The van der Waals surface area contributed by atoms with Crippen LogP contribution in [0, 0.1) is 11.8 Å². The maximum atomic E-state index is 11.3. The Balaban J connectivity index is 1.35. The van der Waals surface area contributed by atoms with Gasteiger partial charge < -0.3 is 5.32 Å². The number of nitrogens with one attached hydrogen (secondary N) is 1. The van der Waals surface area contributed by atoms with Crippen molar-refractivity contribution >= 4 is 5.78 Å². The molecule has 2 saturated heterocycles. The van der Waals surface area contributed by atoms with Gasteiger partial charge in [-0.25, -0.2) is 0 Å². The number of carbonyl (C=O) groups excluding carboxylic acids is 1. The molecular formula is C22H22N2O. The van der Waals surface area contributed by atoms with Gasteiger partial charge >= 0.3 is 0 Å². The predicted octanol–water partition coefficient (Wildman–Crippen LogP) is 2.84. The Bertz CT molecular complexity index is 828. The zero-order valence-corrected chi connectivity index (χ0v) is 14.5. The van der Waals surface area contributed by atoms with E-state index in [0.29, 0.717) is 5.54 Å². The van der Waals surface area contributed by atoms with Gasteiger partial charge in [0.1, 0.15) is 0 Å².